The van der Waals surface area contributed by atoms with Crippen LogP contribution >= 0.6 is 0 Å². The van der Waals surface area contributed by atoms with Gasteiger partial charge in [-0.05, 0) is 49.6 Å². The van der Waals surface area contributed by atoms with Crippen LogP contribution in [-0.4, -0.2) is 133 Å². The van der Waals surface area contributed by atoms with Crippen molar-refractivity contribution < 1.29 is 52.1 Å². The first-order chi connectivity index (χ1) is 29.6. The number of carbonyl (C=O) groups excluding carboxylic acids is 6. The Morgan fingerprint density at radius 2 is 1.70 bits per heavy atom. The van der Waals surface area contributed by atoms with Crippen LogP contribution in [0.15, 0.2) is 61.1 Å². The van der Waals surface area contributed by atoms with E-state index in [1.54, 1.807) is 18.5 Å². The van der Waals surface area contributed by atoms with Crippen LogP contribution in [0.2, 0.25) is 0 Å². The first-order valence-electron chi connectivity index (χ1n) is 19.8. The average Bonchev–Trinajstić information content (AvgIpc) is 4.04. The topological polar surface area (TPSA) is 241 Å². The van der Waals surface area contributed by atoms with Crippen LogP contribution in [0.25, 0.3) is 10.9 Å². The zero-order chi connectivity index (χ0) is 42.7. The molecule has 61 heavy (non-hydrogen) atoms. The second kappa shape index (κ2) is 20.1. The second-order valence-corrected chi connectivity index (χ2v) is 14.3. The van der Waals surface area contributed by atoms with Gasteiger partial charge in [-0.3, -0.25) is 44.0 Å². The van der Waals surface area contributed by atoms with Gasteiger partial charge in [0, 0.05) is 49.1 Å². The van der Waals surface area contributed by atoms with Gasteiger partial charge in [0.25, 0.3) is 23.6 Å². The molecule has 0 radical (unpaired) electrons. The number of aromatic nitrogens is 3. The van der Waals surface area contributed by atoms with Crippen LogP contribution < -0.4 is 31.3 Å². The molecular weight excluding hydrogens is 798 g/mol. The lowest BCUT2D eigenvalue weighted by Gasteiger charge is -2.27. The number of hydrogen-bond donors (Lipinski definition) is 5. The molecule has 5 heterocycles. The molecule has 1 aromatic carbocycles. The number of piperidine rings is 1. The molecule has 3 aromatic heterocycles. The van der Waals surface area contributed by atoms with Gasteiger partial charge in [-0.15, -0.1) is 0 Å². The van der Waals surface area contributed by atoms with Crippen LogP contribution in [0.1, 0.15) is 56.8 Å². The zero-order valence-electron chi connectivity index (χ0n) is 32.9. The highest BCUT2D eigenvalue weighted by atomic mass is 19.1. The fourth-order valence-corrected chi connectivity index (χ4v) is 6.51. The lowest BCUT2D eigenvalue weighted by molar-refractivity contribution is -0.136. The molecule has 19 nitrogen and oxygen atoms in total. The number of alkyl halides is 1. The maximum atomic E-state index is 14.6. The fourth-order valence-electron chi connectivity index (χ4n) is 6.51. The summed E-state index contributed by atoms with van der Waals surface area (Å²) in [5, 5.41) is 14.8. The Bertz CT molecular complexity index is 2290. The molecule has 1 aliphatic carbocycles. The van der Waals surface area contributed by atoms with Crippen LogP contribution in [0.5, 0.6) is 5.75 Å². The maximum absolute atomic E-state index is 14.6. The van der Waals surface area contributed by atoms with Crippen LogP contribution in [0.4, 0.5) is 21.7 Å². The van der Waals surface area contributed by atoms with Gasteiger partial charge in [-0.25, -0.2) is 14.4 Å². The molecule has 320 valence electrons. The Balaban J connectivity index is 0.728. The highest BCUT2D eigenvalue weighted by Crippen LogP contribution is 2.34. The minimum Gasteiger partial charge on any atom is -0.483 e. The van der Waals surface area contributed by atoms with Crippen molar-refractivity contribution >= 4 is 63.7 Å². The predicted octanol–water partition coefficient (Wildman–Crippen LogP) is 2.06. The van der Waals surface area contributed by atoms with Crippen molar-refractivity contribution in [2.75, 3.05) is 70.0 Å². The monoisotopic (exact) mass is 841 g/mol. The molecular formula is C41H44FN9O10. The van der Waals surface area contributed by atoms with E-state index in [4.69, 9.17) is 18.9 Å². The summed E-state index contributed by atoms with van der Waals surface area (Å²) in [5.41, 5.74) is 1.64. The fraction of sp³-hybridized carbons (Fsp3) is 0.390. The third kappa shape index (κ3) is 11.1. The first kappa shape index (κ1) is 42.5. The third-order valence-corrected chi connectivity index (χ3v) is 9.72. The Labute approximate surface area is 348 Å². The number of nitrogens with one attached hydrogen (secondary N) is 5. The number of halogens is 1. The number of ether oxygens (including phenoxy) is 4. The minimum absolute atomic E-state index is 0.00665. The molecule has 1 saturated heterocycles. The van der Waals surface area contributed by atoms with Gasteiger partial charge in [0.1, 0.15) is 29.6 Å². The molecule has 20 heteroatoms. The summed E-state index contributed by atoms with van der Waals surface area (Å²) in [6.45, 7) is 0.156. The summed E-state index contributed by atoms with van der Waals surface area (Å²) in [7, 11) is 0. The number of hydrogen-bond acceptors (Lipinski definition) is 15. The molecule has 7 rings (SSSR count). The zero-order valence-corrected chi connectivity index (χ0v) is 32.9. The van der Waals surface area contributed by atoms with Crippen molar-refractivity contribution in [3.05, 3.63) is 77.7 Å². The molecule has 2 fully saturated rings. The van der Waals surface area contributed by atoms with E-state index in [0.29, 0.717) is 22.9 Å². The summed E-state index contributed by atoms with van der Waals surface area (Å²) in [4.78, 5) is 89.3. The predicted molar refractivity (Wildman–Crippen MR) is 215 cm³/mol. The summed E-state index contributed by atoms with van der Waals surface area (Å²) in [6.07, 6.45) is 5.37. The van der Waals surface area contributed by atoms with Crippen molar-refractivity contribution in [2.24, 2.45) is 0 Å². The molecule has 0 bridgehead atoms. The summed E-state index contributed by atoms with van der Waals surface area (Å²) in [6, 6.07) is 10.8. The average molecular weight is 842 g/mol. The van der Waals surface area contributed by atoms with Gasteiger partial charge in [-0.1, -0.05) is 6.07 Å². The molecule has 1 saturated carbocycles. The highest BCUT2D eigenvalue weighted by Gasteiger charge is 2.46. The summed E-state index contributed by atoms with van der Waals surface area (Å²) in [5.74, 6) is -2.49. The molecule has 5 N–H and O–H groups in total. The lowest BCUT2D eigenvalue weighted by atomic mass is 10.0. The third-order valence-electron chi connectivity index (χ3n) is 9.72. The van der Waals surface area contributed by atoms with Gasteiger partial charge < -0.3 is 40.2 Å². The second-order valence-electron chi connectivity index (χ2n) is 14.3. The van der Waals surface area contributed by atoms with Crippen molar-refractivity contribution in [1.29, 1.82) is 0 Å². The molecule has 3 aliphatic rings. The number of anilines is 3. The highest BCUT2D eigenvalue weighted by molar-refractivity contribution is 6.24. The van der Waals surface area contributed by atoms with E-state index >= 15 is 0 Å². The number of rotatable bonds is 22. The largest absolute Gasteiger partial charge is 0.483 e. The number of nitrogens with zero attached hydrogens (tertiary/aromatic N) is 4. The maximum Gasteiger partial charge on any atom is 0.266 e. The Morgan fingerprint density at radius 3 is 2.51 bits per heavy atom. The van der Waals surface area contributed by atoms with E-state index in [0.717, 1.165) is 28.6 Å². The summed E-state index contributed by atoms with van der Waals surface area (Å²) >= 11 is 0. The van der Waals surface area contributed by atoms with E-state index in [-0.39, 0.29) is 88.5 Å². The van der Waals surface area contributed by atoms with Crippen LogP contribution in [-0.2, 0) is 28.6 Å². The number of imide groups is 2. The van der Waals surface area contributed by atoms with Gasteiger partial charge in [0.2, 0.25) is 11.8 Å². The molecule has 2 atom stereocenters. The number of benzene rings is 1. The van der Waals surface area contributed by atoms with Gasteiger partial charge in [0.15, 0.2) is 6.61 Å². The van der Waals surface area contributed by atoms with Crippen LogP contribution in [0.3, 0.4) is 0 Å². The van der Waals surface area contributed by atoms with Crippen molar-refractivity contribution in [3.8, 4) is 5.75 Å². The van der Waals surface area contributed by atoms with E-state index in [2.05, 4.69) is 41.5 Å². The molecule has 2 aliphatic heterocycles. The van der Waals surface area contributed by atoms with Gasteiger partial charge >= 0.3 is 0 Å². The SMILES string of the molecule is O=C(COc1cccc2c1C(=O)N(C1CCC(=O)NC1=O)C2=O)NCCOCCOCCOCC(F)CNC(=O)c1cnc(Nc2ccc3cnccc3n2)cc1NC1CC1. The smallest absolute Gasteiger partial charge is 0.266 e. The minimum atomic E-state index is -1.45. The number of amides is 6. The number of pyridine rings is 3. The van der Waals surface area contributed by atoms with Gasteiger partial charge in [-0.2, -0.15) is 0 Å². The molecule has 4 aromatic rings. The Kier molecular flexibility index (Phi) is 14.0. The van der Waals surface area contributed by atoms with Gasteiger partial charge in [0.05, 0.1) is 74.1 Å². The van der Waals surface area contributed by atoms with E-state index < -0.39 is 54.3 Å². The van der Waals surface area contributed by atoms with Crippen molar-refractivity contribution in [1.82, 2.24) is 35.8 Å². The van der Waals surface area contributed by atoms with Crippen molar-refractivity contribution in [2.45, 2.75) is 43.9 Å². The Hall–Kier alpha value is -6.64. The molecule has 2 unspecified atom stereocenters. The number of carbonyl (C=O) groups is 6. The quantitative estimate of drug-likeness (QED) is 0.0562. The molecule has 6 amide bonds. The molecule has 0 spiro atoms. The first-order valence-corrected chi connectivity index (χ1v) is 19.8. The van der Waals surface area contributed by atoms with E-state index in [1.165, 1.54) is 24.4 Å². The van der Waals surface area contributed by atoms with E-state index in [1.807, 2.05) is 18.2 Å². The van der Waals surface area contributed by atoms with Crippen molar-refractivity contribution in [3.63, 3.8) is 0 Å². The van der Waals surface area contributed by atoms with Crippen LogP contribution in [0, 0.1) is 0 Å². The normalized spacial score (nSPS) is 16.5. The standard InChI is InChI=1S/C41H44FN9O10/c42-25(20-46-38(54)28-21-45-34(18-30(28)47-26-5-6-26)49-33-8-4-24-19-43-11-10-29(24)48-33)22-60-17-16-59-15-14-58-13-12-44-36(53)23-61-32-3-1-2-27-37(32)41(57)51(40(27)56)31-7-9-35(52)50-39(31)55/h1-4,8,10-11,18-19,21,25-26,31H,5-7,9,12-17,20,22-23H2,(H,44,53)(H,46,54)(H,50,52,55)(H2,45,47,48,49). The van der Waals surface area contributed by atoms with E-state index in [9.17, 15) is 33.2 Å². The Morgan fingerprint density at radius 1 is 0.902 bits per heavy atom. The number of fused-ring (bicyclic) bond motifs is 2. The lowest BCUT2D eigenvalue weighted by Crippen LogP contribution is -2.54. The summed E-state index contributed by atoms with van der Waals surface area (Å²) < 4.78 is 36.4.